The number of ether oxygens (including phenoxy) is 1. The van der Waals surface area contributed by atoms with Gasteiger partial charge in [0.25, 0.3) is 0 Å². The van der Waals surface area contributed by atoms with E-state index >= 15 is 0 Å². The van der Waals surface area contributed by atoms with E-state index in [2.05, 4.69) is 32.0 Å². The molecule has 0 saturated heterocycles. The molecular weight excluding hydrogens is 184 g/mol. The van der Waals surface area contributed by atoms with Crippen molar-refractivity contribution in [1.82, 2.24) is 0 Å². The molecule has 15 heavy (non-hydrogen) atoms. The Balaban J connectivity index is 0.000000921. The first-order chi connectivity index (χ1) is 7.31. The van der Waals surface area contributed by atoms with Crippen LogP contribution in [0, 0.1) is 0 Å². The van der Waals surface area contributed by atoms with Crippen molar-refractivity contribution in [3.05, 3.63) is 29.3 Å². The summed E-state index contributed by atoms with van der Waals surface area (Å²) in [5.74, 6) is 1.04. The average Bonchev–Trinajstić information content (AvgIpc) is 2.32. The van der Waals surface area contributed by atoms with Gasteiger partial charge < -0.3 is 4.74 Å². The van der Waals surface area contributed by atoms with Crippen LogP contribution in [0.1, 0.15) is 45.2 Å². The fourth-order valence-electron chi connectivity index (χ4n) is 1.53. The topological polar surface area (TPSA) is 9.23 Å². The normalized spacial score (nSPS) is 9.13. The highest BCUT2D eigenvalue weighted by Gasteiger charge is 2.01. The Hall–Kier alpha value is -0.980. The first-order valence-electron chi connectivity index (χ1n) is 5.97. The van der Waals surface area contributed by atoms with Crippen molar-refractivity contribution in [1.29, 1.82) is 0 Å². The Kier molecular flexibility index (Phi) is 7.79. The van der Waals surface area contributed by atoms with Gasteiger partial charge in [0.15, 0.2) is 0 Å². The molecule has 0 radical (unpaired) electrons. The zero-order chi connectivity index (χ0) is 11.7. The molecule has 0 atom stereocenters. The van der Waals surface area contributed by atoms with Gasteiger partial charge in [-0.1, -0.05) is 46.2 Å². The van der Waals surface area contributed by atoms with Crippen molar-refractivity contribution in [3.63, 3.8) is 0 Å². The molecule has 0 aliphatic heterocycles. The Morgan fingerprint density at radius 3 is 2.27 bits per heavy atom. The van der Waals surface area contributed by atoms with Gasteiger partial charge in [0, 0.05) is 0 Å². The highest BCUT2D eigenvalue weighted by Crippen LogP contribution is 2.21. The standard InChI is InChI=1S/C12H18O.C2H6/c1-4-6-10-7-8-11(5-2)12(9-10)13-3;1-2/h7-9H,4-6H2,1-3H3;1-2H3. The van der Waals surface area contributed by atoms with Crippen LogP contribution < -0.4 is 4.74 Å². The first-order valence-corrected chi connectivity index (χ1v) is 5.97. The summed E-state index contributed by atoms with van der Waals surface area (Å²) in [6.07, 6.45) is 3.37. The third-order valence-electron chi connectivity index (χ3n) is 2.27. The summed E-state index contributed by atoms with van der Waals surface area (Å²) >= 11 is 0. The Morgan fingerprint density at radius 2 is 1.80 bits per heavy atom. The second-order valence-corrected chi connectivity index (χ2v) is 3.25. The molecule has 0 fully saturated rings. The summed E-state index contributed by atoms with van der Waals surface area (Å²) in [5.41, 5.74) is 2.67. The summed E-state index contributed by atoms with van der Waals surface area (Å²) in [6, 6.07) is 6.52. The summed E-state index contributed by atoms with van der Waals surface area (Å²) in [6.45, 7) is 8.34. The highest BCUT2D eigenvalue weighted by molar-refractivity contribution is 5.37. The lowest BCUT2D eigenvalue weighted by atomic mass is 10.1. The van der Waals surface area contributed by atoms with Crippen molar-refractivity contribution in [3.8, 4) is 5.75 Å². The van der Waals surface area contributed by atoms with Crippen molar-refractivity contribution in [2.24, 2.45) is 0 Å². The van der Waals surface area contributed by atoms with E-state index in [1.54, 1.807) is 7.11 Å². The van der Waals surface area contributed by atoms with Crippen LogP contribution in [0.15, 0.2) is 18.2 Å². The van der Waals surface area contributed by atoms with Gasteiger partial charge >= 0.3 is 0 Å². The predicted molar refractivity (Wildman–Crippen MR) is 67.7 cm³/mol. The fourth-order valence-corrected chi connectivity index (χ4v) is 1.53. The Bertz CT molecular complexity index is 266. The minimum atomic E-state index is 1.04. The molecule has 0 aliphatic carbocycles. The summed E-state index contributed by atoms with van der Waals surface area (Å²) < 4.78 is 5.32. The third kappa shape index (κ3) is 4.37. The van der Waals surface area contributed by atoms with E-state index in [1.165, 1.54) is 17.5 Å². The molecule has 0 aromatic heterocycles. The van der Waals surface area contributed by atoms with E-state index in [-0.39, 0.29) is 0 Å². The van der Waals surface area contributed by atoms with Crippen LogP contribution in [-0.2, 0) is 12.8 Å². The Morgan fingerprint density at radius 1 is 1.13 bits per heavy atom. The number of methoxy groups -OCH3 is 1. The summed E-state index contributed by atoms with van der Waals surface area (Å²) in [4.78, 5) is 0. The first kappa shape index (κ1) is 14.0. The predicted octanol–water partition coefficient (Wildman–Crippen LogP) is 4.24. The molecular formula is C14H24O. The molecule has 0 amide bonds. The van der Waals surface area contributed by atoms with Gasteiger partial charge in [0.2, 0.25) is 0 Å². The van der Waals surface area contributed by atoms with Crippen molar-refractivity contribution >= 4 is 0 Å². The second-order valence-electron chi connectivity index (χ2n) is 3.25. The molecule has 1 rings (SSSR count). The maximum Gasteiger partial charge on any atom is 0.122 e. The van der Waals surface area contributed by atoms with Crippen LogP contribution >= 0.6 is 0 Å². The van der Waals surface area contributed by atoms with Gasteiger partial charge in [-0.3, -0.25) is 0 Å². The van der Waals surface area contributed by atoms with Gasteiger partial charge in [-0.05, 0) is 30.0 Å². The maximum atomic E-state index is 5.32. The van der Waals surface area contributed by atoms with Crippen molar-refractivity contribution in [2.75, 3.05) is 7.11 Å². The molecule has 1 aromatic rings. The monoisotopic (exact) mass is 208 g/mol. The molecule has 0 aliphatic rings. The van der Waals surface area contributed by atoms with E-state index in [0.29, 0.717) is 0 Å². The summed E-state index contributed by atoms with van der Waals surface area (Å²) in [5, 5.41) is 0. The number of rotatable bonds is 4. The second kappa shape index (κ2) is 8.34. The lowest BCUT2D eigenvalue weighted by Crippen LogP contribution is -1.92. The van der Waals surface area contributed by atoms with Crippen LogP contribution in [-0.4, -0.2) is 7.11 Å². The minimum Gasteiger partial charge on any atom is -0.496 e. The molecule has 86 valence electrons. The smallest absolute Gasteiger partial charge is 0.122 e. The average molecular weight is 208 g/mol. The molecule has 1 nitrogen and oxygen atoms in total. The number of hydrogen-bond acceptors (Lipinski definition) is 1. The lowest BCUT2D eigenvalue weighted by Gasteiger charge is -2.08. The van der Waals surface area contributed by atoms with Crippen LogP contribution in [0.4, 0.5) is 0 Å². The van der Waals surface area contributed by atoms with Gasteiger partial charge in [-0.25, -0.2) is 0 Å². The molecule has 0 heterocycles. The molecule has 0 spiro atoms. The summed E-state index contributed by atoms with van der Waals surface area (Å²) in [7, 11) is 1.74. The molecule has 0 bridgehead atoms. The van der Waals surface area contributed by atoms with Gasteiger partial charge in [-0.2, -0.15) is 0 Å². The zero-order valence-electron chi connectivity index (χ0n) is 10.8. The van der Waals surface area contributed by atoms with E-state index in [4.69, 9.17) is 4.74 Å². The number of aryl methyl sites for hydroxylation is 2. The van der Waals surface area contributed by atoms with Gasteiger partial charge in [-0.15, -0.1) is 0 Å². The molecule has 0 unspecified atom stereocenters. The quantitative estimate of drug-likeness (QED) is 0.719. The van der Waals surface area contributed by atoms with E-state index in [0.717, 1.165) is 18.6 Å². The fraction of sp³-hybridized carbons (Fsp3) is 0.571. The Labute approximate surface area is 94.5 Å². The minimum absolute atomic E-state index is 1.04. The van der Waals surface area contributed by atoms with Crippen LogP contribution in [0.5, 0.6) is 5.75 Å². The maximum absolute atomic E-state index is 5.32. The largest absolute Gasteiger partial charge is 0.496 e. The van der Waals surface area contributed by atoms with Crippen LogP contribution in [0.25, 0.3) is 0 Å². The lowest BCUT2D eigenvalue weighted by molar-refractivity contribution is 0.409. The van der Waals surface area contributed by atoms with E-state index in [9.17, 15) is 0 Å². The molecule has 1 aromatic carbocycles. The van der Waals surface area contributed by atoms with E-state index < -0.39 is 0 Å². The van der Waals surface area contributed by atoms with Crippen molar-refractivity contribution < 1.29 is 4.74 Å². The van der Waals surface area contributed by atoms with Gasteiger partial charge in [0.1, 0.15) is 5.75 Å². The highest BCUT2D eigenvalue weighted by atomic mass is 16.5. The number of benzene rings is 1. The van der Waals surface area contributed by atoms with Crippen LogP contribution in [0.2, 0.25) is 0 Å². The molecule has 0 saturated carbocycles. The zero-order valence-corrected chi connectivity index (χ0v) is 10.8. The van der Waals surface area contributed by atoms with Crippen LogP contribution in [0.3, 0.4) is 0 Å². The number of hydrogen-bond donors (Lipinski definition) is 0. The molecule has 0 N–H and O–H groups in total. The van der Waals surface area contributed by atoms with Gasteiger partial charge in [0.05, 0.1) is 7.11 Å². The van der Waals surface area contributed by atoms with Crippen molar-refractivity contribution in [2.45, 2.75) is 47.0 Å². The van der Waals surface area contributed by atoms with E-state index in [1.807, 2.05) is 13.8 Å². The third-order valence-corrected chi connectivity index (χ3v) is 2.27. The SMILES string of the molecule is CC.CCCc1ccc(CC)c(OC)c1. The molecule has 1 heteroatoms.